The van der Waals surface area contributed by atoms with Gasteiger partial charge >= 0.3 is 0 Å². The van der Waals surface area contributed by atoms with Gasteiger partial charge in [0.2, 0.25) is 15.9 Å². The maximum absolute atomic E-state index is 13.0. The van der Waals surface area contributed by atoms with Crippen LogP contribution in [0, 0.1) is 12.7 Å². The fraction of sp³-hybridized carbons (Fsp3) is 0.118. The summed E-state index contributed by atoms with van der Waals surface area (Å²) in [4.78, 5) is 11.9. The molecule has 0 bridgehead atoms. The van der Waals surface area contributed by atoms with Crippen molar-refractivity contribution in [1.29, 1.82) is 0 Å². The Hall–Kier alpha value is -2.51. The zero-order valence-corrected chi connectivity index (χ0v) is 13.8. The van der Waals surface area contributed by atoms with Crippen molar-refractivity contribution in [2.75, 3.05) is 5.32 Å². The van der Waals surface area contributed by atoms with Crippen molar-refractivity contribution in [2.45, 2.75) is 18.2 Å². The largest absolute Gasteiger partial charge is 0.326 e. The number of anilines is 1. The van der Waals surface area contributed by atoms with E-state index in [2.05, 4.69) is 5.32 Å². The highest BCUT2D eigenvalue weighted by Gasteiger charge is 2.12. The molecule has 0 spiro atoms. The van der Waals surface area contributed by atoms with E-state index >= 15 is 0 Å². The van der Waals surface area contributed by atoms with Crippen molar-refractivity contribution in [3.05, 3.63) is 65.5 Å². The molecule has 2 aromatic carbocycles. The first-order valence-corrected chi connectivity index (χ1v) is 8.66. The summed E-state index contributed by atoms with van der Waals surface area (Å²) < 4.78 is 36.0. The number of carbonyl (C=O) groups excluding carboxylic acids is 1. The van der Waals surface area contributed by atoms with Crippen molar-refractivity contribution < 1.29 is 17.6 Å². The molecule has 5 nitrogen and oxygen atoms in total. The van der Waals surface area contributed by atoms with Gasteiger partial charge in [-0.2, -0.15) is 0 Å². The van der Waals surface area contributed by atoms with Crippen molar-refractivity contribution >= 4 is 27.7 Å². The predicted molar refractivity (Wildman–Crippen MR) is 91.2 cm³/mol. The molecule has 0 aliphatic rings. The first-order chi connectivity index (χ1) is 11.3. The van der Waals surface area contributed by atoms with Gasteiger partial charge in [-0.15, -0.1) is 0 Å². The molecular formula is C17H17FN2O3S. The summed E-state index contributed by atoms with van der Waals surface area (Å²) >= 11 is 0. The molecule has 0 saturated heterocycles. The molecule has 0 unspecified atom stereocenters. The Morgan fingerprint density at radius 3 is 2.67 bits per heavy atom. The summed E-state index contributed by atoms with van der Waals surface area (Å²) in [5, 5.41) is 7.73. The third-order valence-electron chi connectivity index (χ3n) is 3.24. The van der Waals surface area contributed by atoms with Crippen LogP contribution in [0.1, 0.15) is 17.5 Å². The molecule has 0 saturated carbocycles. The van der Waals surface area contributed by atoms with Crippen molar-refractivity contribution in [3.63, 3.8) is 0 Å². The van der Waals surface area contributed by atoms with Crippen molar-refractivity contribution in [2.24, 2.45) is 5.14 Å². The average Bonchev–Trinajstić information content (AvgIpc) is 2.48. The molecule has 0 aromatic heterocycles. The standard InChI is InChI=1S/C17H17FN2O3S/c1-12-8-9-15(11-16(12)24(19,22)23)20-17(21)7-3-5-13-4-2-6-14(18)10-13/h2-6,8-11H,7H2,1H3,(H,20,21)(H2,19,22,23). The molecule has 0 aliphatic carbocycles. The summed E-state index contributed by atoms with van der Waals surface area (Å²) in [5.74, 6) is -0.677. The van der Waals surface area contributed by atoms with E-state index in [0.717, 1.165) is 0 Å². The van der Waals surface area contributed by atoms with E-state index in [-0.39, 0.29) is 23.0 Å². The molecule has 0 fully saturated rings. The number of benzene rings is 2. The van der Waals surface area contributed by atoms with Gasteiger partial charge in [-0.25, -0.2) is 17.9 Å². The van der Waals surface area contributed by atoms with E-state index in [1.165, 1.54) is 18.2 Å². The van der Waals surface area contributed by atoms with Crippen molar-refractivity contribution in [3.8, 4) is 0 Å². The summed E-state index contributed by atoms with van der Waals surface area (Å²) in [6.45, 7) is 1.62. The Kier molecular flexibility index (Phi) is 5.48. The lowest BCUT2D eigenvalue weighted by Gasteiger charge is -2.08. The first kappa shape index (κ1) is 17.8. The fourth-order valence-corrected chi connectivity index (χ4v) is 2.92. The molecule has 7 heteroatoms. The molecule has 2 rings (SSSR count). The molecule has 0 atom stereocenters. The monoisotopic (exact) mass is 348 g/mol. The van der Waals surface area contributed by atoms with Crippen LogP contribution in [-0.4, -0.2) is 14.3 Å². The normalized spacial score (nSPS) is 11.6. The van der Waals surface area contributed by atoms with Crippen LogP contribution in [0.2, 0.25) is 0 Å². The predicted octanol–water partition coefficient (Wildman–Crippen LogP) is 2.82. The highest BCUT2D eigenvalue weighted by Crippen LogP contribution is 2.19. The Morgan fingerprint density at radius 1 is 1.25 bits per heavy atom. The lowest BCUT2D eigenvalue weighted by atomic mass is 10.2. The van der Waals surface area contributed by atoms with Crippen LogP contribution >= 0.6 is 0 Å². The third-order valence-corrected chi connectivity index (χ3v) is 4.29. The quantitative estimate of drug-likeness (QED) is 0.871. The van der Waals surface area contributed by atoms with E-state index in [1.807, 2.05) is 0 Å². The third kappa shape index (κ3) is 5.00. The lowest BCUT2D eigenvalue weighted by molar-refractivity contribution is -0.115. The molecular weight excluding hydrogens is 331 g/mol. The summed E-state index contributed by atoms with van der Waals surface area (Å²) in [6.07, 6.45) is 3.29. The Bertz CT molecular complexity index is 892. The van der Waals surface area contributed by atoms with Crippen LogP contribution in [-0.2, 0) is 14.8 Å². The zero-order valence-electron chi connectivity index (χ0n) is 13.0. The van der Waals surface area contributed by atoms with Crippen LogP contribution in [0.15, 0.2) is 53.4 Å². The summed E-state index contributed by atoms with van der Waals surface area (Å²) in [6, 6.07) is 10.5. The number of amides is 1. The summed E-state index contributed by atoms with van der Waals surface area (Å²) in [7, 11) is -3.85. The molecule has 126 valence electrons. The van der Waals surface area contributed by atoms with Gasteiger partial charge in [-0.1, -0.05) is 30.4 Å². The molecule has 0 aliphatic heterocycles. The average molecular weight is 348 g/mol. The maximum atomic E-state index is 13.0. The number of halogens is 1. The van der Waals surface area contributed by atoms with Crippen LogP contribution in [0.4, 0.5) is 10.1 Å². The molecule has 3 N–H and O–H groups in total. The smallest absolute Gasteiger partial charge is 0.238 e. The number of nitrogens with two attached hydrogens (primary N) is 1. The highest BCUT2D eigenvalue weighted by atomic mass is 32.2. The number of hydrogen-bond donors (Lipinski definition) is 2. The van der Waals surface area contributed by atoms with Gasteiger partial charge in [0, 0.05) is 12.1 Å². The summed E-state index contributed by atoms with van der Waals surface area (Å²) in [5.41, 5.74) is 1.49. The van der Waals surface area contributed by atoms with Gasteiger partial charge in [0.25, 0.3) is 0 Å². The lowest BCUT2D eigenvalue weighted by Crippen LogP contribution is -2.15. The van der Waals surface area contributed by atoms with Crippen LogP contribution in [0.5, 0.6) is 0 Å². The Morgan fingerprint density at radius 2 is 2.00 bits per heavy atom. The number of carbonyl (C=O) groups is 1. The second-order valence-corrected chi connectivity index (χ2v) is 6.76. The Labute approximate surface area is 140 Å². The van der Waals surface area contributed by atoms with Gasteiger partial charge in [-0.3, -0.25) is 4.79 Å². The van der Waals surface area contributed by atoms with Crippen molar-refractivity contribution in [1.82, 2.24) is 0 Å². The fourth-order valence-electron chi connectivity index (χ4n) is 2.11. The Balaban J connectivity index is 2.03. The van der Waals surface area contributed by atoms with Gasteiger partial charge in [-0.05, 0) is 42.3 Å². The number of nitrogens with one attached hydrogen (secondary N) is 1. The number of rotatable bonds is 5. The zero-order chi connectivity index (χ0) is 17.7. The minimum absolute atomic E-state index is 0.0318. The minimum Gasteiger partial charge on any atom is -0.326 e. The molecule has 0 radical (unpaired) electrons. The second kappa shape index (κ2) is 7.37. The van der Waals surface area contributed by atoms with E-state index in [9.17, 15) is 17.6 Å². The van der Waals surface area contributed by atoms with E-state index in [4.69, 9.17) is 5.14 Å². The van der Waals surface area contributed by atoms with Gasteiger partial charge < -0.3 is 5.32 Å². The number of sulfonamides is 1. The van der Waals surface area contributed by atoms with Crippen LogP contribution in [0.3, 0.4) is 0 Å². The SMILES string of the molecule is Cc1ccc(NC(=O)CC=Cc2cccc(F)c2)cc1S(N)(=O)=O. The second-order valence-electron chi connectivity index (χ2n) is 5.23. The molecule has 2 aromatic rings. The molecule has 0 heterocycles. The van der Waals surface area contributed by atoms with E-state index < -0.39 is 10.0 Å². The maximum Gasteiger partial charge on any atom is 0.238 e. The highest BCUT2D eigenvalue weighted by molar-refractivity contribution is 7.89. The minimum atomic E-state index is -3.85. The number of primary sulfonamides is 1. The number of aryl methyl sites for hydroxylation is 1. The topological polar surface area (TPSA) is 89.3 Å². The number of hydrogen-bond acceptors (Lipinski definition) is 3. The van der Waals surface area contributed by atoms with Crippen LogP contribution in [0.25, 0.3) is 6.08 Å². The van der Waals surface area contributed by atoms with E-state index in [1.54, 1.807) is 43.3 Å². The van der Waals surface area contributed by atoms with Gasteiger partial charge in [0.05, 0.1) is 4.90 Å². The van der Waals surface area contributed by atoms with Gasteiger partial charge in [0.15, 0.2) is 0 Å². The molecule has 24 heavy (non-hydrogen) atoms. The first-order valence-electron chi connectivity index (χ1n) is 7.11. The van der Waals surface area contributed by atoms with Crippen LogP contribution < -0.4 is 10.5 Å². The molecule has 1 amide bonds. The van der Waals surface area contributed by atoms with Gasteiger partial charge in [0.1, 0.15) is 5.82 Å². The van der Waals surface area contributed by atoms with E-state index in [0.29, 0.717) is 16.8 Å².